The maximum Gasteiger partial charge on any atom is 0.307 e. The molecule has 1 rings (SSSR count). The summed E-state index contributed by atoms with van der Waals surface area (Å²) in [7, 11) is -2.42. The Hall–Kier alpha value is -1.31. The zero-order valence-electron chi connectivity index (χ0n) is 13.6. The summed E-state index contributed by atoms with van der Waals surface area (Å²) >= 11 is 5.98. The maximum absolute atomic E-state index is 12.4. The molecule has 0 aliphatic carbocycles. The largest absolute Gasteiger partial charge is 0.495 e. The van der Waals surface area contributed by atoms with Crippen molar-refractivity contribution in [2.75, 3.05) is 13.7 Å². The third-order valence-corrected chi connectivity index (χ3v) is 5.22. The van der Waals surface area contributed by atoms with E-state index in [2.05, 4.69) is 4.72 Å². The number of aryl methyl sites for hydroxylation is 1. The number of carboxylic acids is 1. The summed E-state index contributed by atoms with van der Waals surface area (Å²) in [6, 6.07) is 2.83. The lowest BCUT2D eigenvalue weighted by atomic mass is 9.98. The van der Waals surface area contributed by atoms with Crippen LogP contribution in [0.4, 0.5) is 0 Å². The highest BCUT2D eigenvalue weighted by molar-refractivity contribution is 7.89. The first-order chi connectivity index (χ1) is 10.6. The van der Waals surface area contributed by atoms with Gasteiger partial charge in [-0.15, -0.1) is 0 Å². The molecule has 1 atom stereocenters. The fourth-order valence-electron chi connectivity index (χ4n) is 2.21. The molecule has 6 nitrogen and oxygen atoms in total. The molecule has 0 heterocycles. The third kappa shape index (κ3) is 5.37. The van der Waals surface area contributed by atoms with E-state index in [9.17, 15) is 18.3 Å². The van der Waals surface area contributed by atoms with Gasteiger partial charge in [0.1, 0.15) is 5.75 Å². The SMILES string of the molecule is COc1cc(C)c(S(=O)(=O)NCC(CC(C)C)C(=O)O)cc1Cl. The summed E-state index contributed by atoms with van der Waals surface area (Å²) in [6.45, 7) is 5.23. The Morgan fingerprint density at radius 1 is 1.39 bits per heavy atom. The van der Waals surface area contributed by atoms with Crippen LogP contribution in [0.1, 0.15) is 25.8 Å². The van der Waals surface area contributed by atoms with Gasteiger partial charge in [0, 0.05) is 6.54 Å². The van der Waals surface area contributed by atoms with E-state index in [0.717, 1.165) is 0 Å². The maximum atomic E-state index is 12.4. The molecule has 130 valence electrons. The van der Waals surface area contributed by atoms with Crippen LogP contribution in [0.3, 0.4) is 0 Å². The molecule has 0 bridgehead atoms. The van der Waals surface area contributed by atoms with E-state index in [1.165, 1.54) is 19.2 Å². The van der Waals surface area contributed by atoms with Gasteiger partial charge in [0.05, 0.1) is 22.9 Å². The fourth-order valence-corrected chi connectivity index (χ4v) is 3.85. The molecule has 23 heavy (non-hydrogen) atoms. The monoisotopic (exact) mass is 363 g/mol. The zero-order valence-corrected chi connectivity index (χ0v) is 15.2. The van der Waals surface area contributed by atoms with Crippen LogP contribution in [0.5, 0.6) is 5.75 Å². The van der Waals surface area contributed by atoms with Crippen molar-refractivity contribution in [1.29, 1.82) is 0 Å². The number of hydrogen-bond donors (Lipinski definition) is 2. The summed E-state index contributed by atoms with van der Waals surface area (Å²) in [5.41, 5.74) is 0.467. The van der Waals surface area contributed by atoms with Gasteiger partial charge in [-0.1, -0.05) is 25.4 Å². The first-order valence-corrected chi connectivity index (χ1v) is 9.01. The average molecular weight is 364 g/mol. The lowest BCUT2D eigenvalue weighted by Crippen LogP contribution is -2.34. The molecule has 8 heteroatoms. The molecule has 0 radical (unpaired) electrons. The third-order valence-electron chi connectivity index (χ3n) is 3.36. The van der Waals surface area contributed by atoms with Crippen LogP contribution in [0.2, 0.25) is 5.02 Å². The number of nitrogens with one attached hydrogen (secondary N) is 1. The minimum Gasteiger partial charge on any atom is -0.495 e. The van der Waals surface area contributed by atoms with Crippen LogP contribution >= 0.6 is 11.6 Å². The normalized spacial score (nSPS) is 13.1. The van der Waals surface area contributed by atoms with Gasteiger partial charge in [0.15, 0.2) is 0 Å². The van der Waals surface area contributed by atoms with Crippen LogP contribution in [-0.2, 0) is 14.8 Å². The van der Waals surface area contributed by atoms with Gasteiger partial charge in [0.2, 0.25) is 10.0 Å². The van der Waals surface area contributed by atoms with E-state index in [1.807, 2.05) is 13.8 Å². The van der Waals surface area contributed by atoms with E-state index >= 15 is 0 Å². The summed E-state index contributed by atoms with van der Waals surface area (Å²) in [6.07, 6.45) is 0.389. The van der Waals surface area contributed by atoms with Crippen molar-refractivity contribution in [1.82, 2.24) is 4.72 Å². The van der Waals surface area contributed by atoms with Crippen molar-refractivity contribution in [2.45, 2.75) is 32.1 Å². The van der Waals surface area contributed by atoms with Crippen molar-refractivity contribution in [3.63, 3.8) is 0 Å². The first-order valence-electron chi connectivity index (χ1n) is 7.15. The Kier molecular flexibility index (Phi) is 6.85. The van der Waals surface area contributed by atoms with Crippen molar-refractivity contribution in [3.05, 3.63) is 22.7 Å². The lowest BCUT2D eigenvalue weighted by molar-refractivity contribution is -0.142. The number of halogens is 1. The van der Waals surface area contributed by atoms with Crippen molar-refractivity contribution in [3.8, 4) is 5.75 Å². The predicted octanol–water partition coefficient (Wildman–Crippen LogP) is 2.68. The van der Waals surface area contributed by atoms with E-state index in [4.69, 9.17) is 16.3 Å². The molecular formula is C15H22ClNO5S. The number of rotatable bonds is 8. The smallest absolute Gasteiger partial charge is 0.307 e. The Bertz CT molecular complexity index is 673. The highest BCUT2D eigenvalue weighted by atomic mass is 35.5. The summed E-state index contributed by atoms with van der Waals surface area (Å²) < 4.78 is 32.2. The van der Waals surface area contributed by atoms with Gasteiger partial charge >= 0.3 is 5.97 Å². The second-order valence-electron chi connectivity index (χ2n) is 5.77. The second-order valence-corrected chi connectivity index (χ2v) is 7.91. The van der Waals surface area contributed by atoms with Crippen molar-refractivity contribution < 1.29 is 23.1 Å². The Morgan fingerprint density at radius 3 is 2.48 bits per heavy atom. The fraction of sp³-hybridized carbons (Fsp3) is 0.533. The van der Waals surface area contributed by atoms with Gasteiger partial charge in [-0.05, 0) is 37.0 Å². The van der Waals surface area contributed by atoms with Crippen LogP contribution in [0, 0.1) is 18.8 Å². The number of hydrogen-bond acceptors (Lipinski definition) is 4. The molecule has 1 aromatic carbocycles. The van der Waals surface area contributed by atoms with Gasteiger partial charge in [-0.3, -0.25) is 4.79 Å². The van der Waals surface area contributed by atoms with Gasteiger partial charge in [-0.2, -0.15) is 0 Å². The molecule has 0 spiro atoms. The number of benzene rings is 1. The lowest BCUT2D eigenvalue weighted by Gasteiger charge is -2.17. The molecule has 0 amide bonds. The number of sulfonamides is 1. The topological polar surface area (TPSA) is 92.7 Å². The summed E-state index contributed by atoms with van der Waals surface area (Å²) in [5.74, 6) is -1.27. The quantitative estimate of drug-likeness (QED) is 0.740. The highest BCUT2D eigenvalue weighted by Crippen LogP contribution is 2.30. The Labute approximate surface area is 141 Å². The second kappa shape index (κ2) is 7.99. The molecule has 0 aliphatic rings. The van der Waals surface area contributed by atoms with E-state index < -0.39 is 21.9 Å². The minimum atomic E-state index is -3.86. The molecule has 2 N–H and O–H groups in total. The first kappa shape index (κ1) is 19.7. The van der Waals surface area contributed by atoms with Crippen LogP contribution in [-0.4, -0.2) is 33.1 Å². The van der Waals surface area contributed by atoms with Crippen molar-refractivity contribution >= 4 is 27.6 Å². The van der Waals surface area contributed by atoms with E-state index in [0.29, 0.717) is 17.7 Å². The Morgan fingerprint density at radius 2 is 2.00 bits per heavy atom. The Balaban J connectivity index is 2.99. The molecule has 0 saturated heterocycles. The zero-order chi connectivity index (χ0) is 17.8. The van der Waals surface area contributed by atoms with Gasteiger partial charge in [-0.25, -0.2) is 13.1 Å². The molecular weight excluding hydrogens is 342 g/mol. The molecule has 1 unspecified atom stereocenters. The molecule has 0 aromatic heterocycles. The number of methoxy groups -OCH3 is 1. The molecule has 0 aliphatic heterocycles. The molecule has 1 aromatic rings. The van der Waals surface area contributed by atoms with Crippen molar-refractivity contribution in [2.24, 2.45) is 11.8 Å². The predicted molar refractivity (Wildman–Crippen MR) is 88.5 cm³/mol. The number of carbonyl (C=O) groups is 1. The number of aliphatic carboxylic acids is 1. The van der Waals surface area contributed by atoms with Crippen LogP contribution < -0.4 is 9.46 Å². The van der Waals surface area contributed by atoms with E-state index in [-0.39, 0.29) is 22.4 Å². The molecule has 0 saturated carbocycles. The number of ether oxygens (including phenoxy) is 1. The van der Waals surface area contributed by atoms with Crippen LogP contribution in [0.15, 0.2) is 17.0 Å². The van der Waals surface area contributed by atoms with Gasteiger partial charge < -0.3 is 9.84 Å². The highest BCUT2D eigenvalue weighted by Gasteiger charge is 2.24. The summed E-state index contributed by atoms with van der Waals surface area (Å²) in [5, 5.41) is 9.36. The number of carboxylic acid groups (broad SMARTS) is 1. The standard InChI is InChI=1S/C15H22ClNO5S/c1-9(2)5-11(15(18)19)8-17-23(20,21)14-7-12(16)13(22-4)6-10(14)3/h6-7,9,11,17H,5,8H2,1-4H3,(H,18,19). The average Bonchev–Trinajstić information content (AvgIpc) is 2.44. The van der Waals surface area contributed by atoms with E-state index in [1.54, 1.807) is 6.92 Å². The summed E-state index contributed by atoms with van der Waals surface area (Å²) in [4.78, 5) is 11.2. The molecule has 0 fully saturated rings. The minimum absolute atomic E-state index is 0.0111. The van der Waals surface area contributed by atoms with Gasteiger partial charge in [0.25, 0.3) is 0 Å². The van der Waals surface area contributed by atoms with Crippen LogP contribution in [0.25, 0.3) is 0 Å².